The van der Waals surface area contributed by atoms with Crippen molar-refractivity contribution >= 4 is 37.8 Å². The number of carboxylic acid groups (broad SMARTS) is 1. The molecular weight excluding hydrogens is 371 g/mol. The number of nitrogens with zero attached hydrogens (tertiary/aromatic N) is 1. The number of halogens is 2. The van der Waals surface area contributed by atoms with Crippen molar-refractivity contribution in [2.75, 3.05) is 20.6 Å². The minimum absolute atomic E-state index is 0.0839. The third-order valence-electron chi connectivity index (χ3n) is 2.44. The Labute approximate surface area is 128 Å². The Morgan fingerprint density at radius 2 is 1.95 bits per heavy atom. The van der Waals surface area contributed by atoms with Crippen LogP contribution in [0, 0.1) is 5.82 Å². The van der Waals surface area contributed by atoms with Crippen LogP contribution in [0.4, 0.5) is 4.39 Å². The van der Waals surface area contributed by atoms with Gasteiger partial charge in [-0.2, -0.15) is 0 Å². The van der Waals surface area contributed by atoms with Crippen molar-refractivity contribution < 1.29 is 27.5 Å². The van der Waals surface area contributed by atoms with Crippen molar-refractivity contribution in [3.63, 3.8) is 0 Å². The predicted molar refractivity (Wildman–Crippen MR) is 74.9 cm³/mol. The first kappa shape index (κ1) is 17.5. The smallest absolute Gasteiger partial charge is 0.338 e. The molecule has 1 amide bonds. The molecule has 0 bridgehead atoms. The normalized spacial score (nSPS) is 11.2. The number of benzene rings is 1. The standard InChI is InChI=1S/C11H12BrFN2O5S/c1-15(2)9(16)5-14-21(19,20)8-4-6(12)3-7(10(8)13)11(17)18/h3-4,14H,5H2,1-2H3,(H,17,18). The highest BCUT2D eigenvalue weighted by Gasteiger charge is 2.25. The second-order valence-electron chi connectivity index (χ2n) is 4.18. The molecule has 10 heteroatoms. The summed E-state index contributed by atoms with van der Waals surface area (Å²) in [4.78, 5) is 22.5. The third kappa shape index (κ3) is 4.22. The van der Waals surface area contributed by atoms with Gasteiger partial charge >= 0.3 is 5.97 Å². The molecule has 0 aliphatic rings. The summed E-state index contributed by atoms with van der Waals surface area (Å²) >= 11 is 2.91. The monoisotopic (exact) mass is 382 g/mol. The molecule has 0 aliphatic heterocycles. The van der Waals surface area contributed by atoms with E-state index in [2.05, 4.69) is 15.9 Å². The highest BCUT2D eigenvalue weighted by Crippen LogP contribution is 2.24. The number of hydrogen-bond acceptors (Lipinski definition) is 4. The lowest BCUT2D eigenvalue weighted by molar-refractivity contribution is -0.127. The second kappa shape index (κ2) is 6.50. The summed E-state index contributed by atoms with van der Waals surface area (Å²) in [7, 11) is -1.51. The Hall–Kier alpha value is -1.52. The number of likely N-dealkylation sites (N-methyl/N-ethyl adjacent to an activating group) is 1. The molecule has 0 spiro atoms. The van der Waals surface area contributed by atoms with E-state index in [1.165, 1.54) is 14.1 Å². The van der Waals surface area contributed by atoms with Crippen LogP contribution in [-0.2, 0) is 14.8 Å². The third-order valence-corrected chi connectivity index (χ3v) is 4.29. The molecule has 2 N–H and O–H groups in total. The van der Waals surface area contributed by atoms with Crippen LogP contribution in [0.15, 0.2) is 21.5 Å². The van der Waals surface area contributed by atoms with Gasteiger partial charge in [-0.25, -0.2) is 22.3 Å². The van der Waals surface area contributed by atoms with E-state index in [9.17, 15) is 22.4 Å². The number of sulfonamides is 1. The predicted octanol–water partition coefficient (Wildman–Crippen LogP) is 0.653. The van der Waals surface area contributed by atoms with Gasteiger partial charge in [-0.1, -0.05) is 15.9 Å². The maximum Gasteiger partial charge on any atom is 0.338 e. The molecule has 0 aromatic heterocycles. The van der Waals surface area contributed by atoms with Crippen molar-refractivity contribution in [1.82, 2.24) is 9.62 Å². The number of rotatable bonds is 5. The van der Waals surface area contributed by atoms with Crippen LogP contribution >= 0.6 is 15.9 Å². The first-order valence-corrected chi connectivity index (χ1v) is 7.76. The number of carboxylic acids is 1. The highest BCUT2D eigenvalue weighted by molar-refractivity contribution is 9.10. The van der Waals surface area contributed by atoms with Crippen LogP contribution in [0.5, 0.6) is 0 Å². The summed E-state index contributed by atoms with van der Waals surface area (Å²) in [5.41, 5.74) is -0.788. The Balaban J connectivity index is 3.20. The van der Waals surface area contributed by atoms with E-state index in [0.717, 1.165) is 17.0 Å². The van der Waals surface area contributed by atoms with Crippen molar-refractivity contribution in [3.8, 4) is 0 Å². The van der Waals surface area contributed by atoms with E-state index in [-0.39, 0.29) is 4.47 Å². The van der Waals surface area contributed by atoms with Gasteiger partial charge in [0.2, 0.25) is 15.9 Å². The van der Waals surface area contributed by atoms with Crippen LogP contribution in [0.1, 0.15) is 10.4 Å². The van der Waals surface area contributed by atoms with E-state index >= 15 is 0 Å². The van der Waals surface area contributed by atoms with Crippen molar-refractivity contribution in [1.29, 1.82) is 0 Å². The van der Waals surface area contributed by atoms with Crippen LogP contribution < -0.4 is 4.72 Å². The largest absolute Gasteiger partial charge is 0.478 e. The van der Waals surface area contributed by atoms with E-state index in [4.69, 9.17) is 5.11 Å². The minimum Gasteiger partial charge on any atom is -0.478 e. The lowest BCUT2D eigenvalue weighted by atomic mass is 10.2. The van der Waals surface area contributed by atoms with Gasteiger partial charge in [-0.15, -0.1) is 0 Å². The van der Waals surface area contributed by atoms with Crippen molar-refractivity contribution in [2.45, 2.75) is 4.90 Å². The summed E-state index contributed by atoms with van der Waals surface area (Å²) < 4.78 is 39.9. The van der Waals surface area contributed by atoms with Gasteiger partial charge in [0.1, 0.15) is 4.90 Å². The Bertz CT molecular complexity index is 690. The molecule has 1 aromatic rings. The SMILES string of the molecule is CN(C)C(=O)CNS(=O)(=O)c1cc(Br)cc(C(=O)O)c1F. The van der Waals surface area contributed by atoms with Crippen molar-refractivity contribution in [3.05, 3.63) is 28.0 Å². The molecule has 0 aliphatic carbocycles. The summed E-state index contributed by atoms with van der Waals surface area (Å²) in [6, 6.07) is 1.87. The zero-order chi connectivity index (χ0) is 16.4. The molecule has 0 heterocycles. The lowest BCUT2D eigenvalue weighted by Crippen LogP contribution is -2.36. The zero-order valence-corrected chi connectivity index (χ0v) is 13.5. The van der Waals surface area contributed by atoms with E-state index in [1.54, 1.807) is 0 Å². The molecule has 0 unspecified atom stereocenters. The molecule has 0 saturated carbocycles. The first-order chi connectivity index (χ1) is 9.56. The Kier molecular flexibility index (Phi) is 5.42. The fraction of sp³-hybridized carbons (Fsp3) is 0.273. The lowest BCUT2D eigenvalue weighted by Gasteiger charge is -2.12. The zero-order valence-electron chi connectivity index (χ0n) is 11.1. The topological polar surface area (TPSA) is 104 Å². The van der Waals surface area contributed by atoms with Gasteiger partial charge in [-0.3, -0.25) is 4.79 Å². The Morgan fingerprint density at radius 1 is 1.38 bits per heavy atom. The average molecular weight is 383 g/mol. The maximum absolute atomic E-state index is 14.0. The van der Waals surface area contributed by atoms with Gasteiger partial charge in [0.25, 0.3) is 0 Å². The fourth-order valence-electron chi connectivity index (χ4n) is 1.31. The number of hydrogen-bond donors (Lipinski definition) is 2. The summed E-state index contributed by atoms with van der Waals surface area (Å²) in [6.45, 7) is -0.566. The number of nitrogens with one attached hydrogen (secondary N) is 1. The van der Waals surface area contributed by atoms with E-state index < -0.39 is 44.7 Å². The molecule has 0 saturated heterocycles. The minimum atomic E-state index is -4.36. The Morgan fingerprint density at radius 3 is 2.43 bits per heavy atom. The summed E-state index contributed by atoms with van der Waals surface area (Å²) in [5, 5.41) is 8.83. The first-order valence-electron chi connectivity index (χ1n) is 5.48. The highest BCUT2D eigenvalue weighted by atomic mass is 79.9. The molecule has 1 aromatic carbocycles. The number of amides is 1. The van der Waals surface area contributed by atoms with Gasteiger partial charge in [0.15, 0.2) is 5.82 Å². The van der Waals surface area contributed by atoms with Crippen molar-refractivity contribution in [2.24, 2.45) is 0 Å². The molecule has 0 atom stereocenters. The van der Waals surface area contributed by atoms with Gasteiger partial charge in [0.05, 0.1) is 12.1 Å². The van der Waals surface area contributed by atoms with Crippen LogP contribution in [0.3, 0.4) is 0 Å². The van der Waals surface area contributed by atoms with E-state index in [1.807, 2.05) is 4.72 Å². The van der Waals surface area contributed by atoms with Crippen LogP contribution in [0.25, 0.3) is 0 Å². The van der Waals surface area contributed by atoms with Gasteiger partial charge in [0, 0.05) is 18.6 Å². The van der Waals surface area contributed by atoms with E-state index in [0.29, 0.717) is 0 Å². The number of carbonyl (C=O) groups is 2. The molecule has 7 nitrogen and oxygen atoms in total. The maximum atomic E-state index is 14.0. The van der Waals surface area contributed by atoms with Gasteiger partial charge in [-0.05, 0) is 12.1 Å². The molecular formula is C11H12BrFN2O5S. The molecule has 0 radical (unpaired) electrons. The molecule has 116 valence electrons. The number of aromatic carboxylic acids is 1. The van der Waals surface area contributed by atoms with Gasteiger partial charge < -0.3 is 10.0 Å². The molecule has 21 heavy (non-hydrogen) atoms. The fourth-order valence-corrected chi connectivity index (χ4v) is 3.01. The summed E-state index contributed by atoms with van der Waals surface area (Å²) in [6.07, 6.45) is 0. The molecule has 1 rings (SSSR count). The average Bonchev–Trinajstić information content (AvgIpc) is 2.37. The quantitative estimate of drug-likeness (QED) is 0.777. The second-order valence-corrected chi connectivity index (χ2v) is 6.83. The summed E-state index contributed by atoms with van der Waals surface area (Å²) in [5.74, 6) is -3.53. The number of carbonyl (C=O) groups excluding carboxylic acids is 1. The molecule has 0 fully saturated rings. The van der Waals surface area contributed by atoms with Crippen LogP contribution in [-0.4, -0.2) is 50.9 Å². The van der Waals surface area contributed by atoms with Crippen LogP contribution in [0.2, 0.25) is 0 Å².